The number of ketones is 1. The predicted octanol–water partition coefficient (Wildman–Crippen LogP) is 8.86. The topological polar surface area (TPSA) is 66.9 Å². The molecule has 1 aromatic carbocycles. The molecule has 0 spiro atoms. The number of hydrogen-bond acceptors (Lipinski definition) is 5. The zero-order valence-electron chi connectivity index (χ0n) is 30.2. The molecule has 1 aromatic rings. The molecule has 0 aromatic heterocycles. The first-order valence-corrected chi connectivity index (χ1v) is 20.9. The molecule has 0 bridgehead atoms. The van der Waals surface area contributed by atoms with Crippen LogP contribution in [0, 0.1) is 23.2 Å². The summed E-state index contributed by atoms with van der Waals surface area (Å²) in [7, 11) is -1.50. The molecule has 6 rings (SSSR count). The maximum Gasteiger partial charge on any atom is 0.453 e. The zero-order chi connectivity index (χ0) is 36.6. The Hall–Kier alpha value is -2.08. The van der Waals surface area contributed by atoms with Crippen LogP contribution in [0.25, 0.3) is 0 Å². The average Bonchev–Trinajstić information content (AvgIpc) is 3.41. The minimum Gasteiger partial charge on any atom is -0.410 e. The van der Waals surface area contributed by atoms with Gasteiger partial charge < -0.3 is 14.5 Å². The Morgan fingerprint density at radius 2 is 1.69 bits per heavy atom. The highest BCUT2D eigenvalue weighted by molar-refractivity contribution is 7.84. The lowest BCUT2D eigenvalue weighted by Gasteiger charge is -2.52. The summed E-state index contributed by atoms with van der Waals surface area (Å²) in [5.41, 5.74) is 3.08. The summed E-state index contributed by atoms with van der Waals surface area (Å²) >= 11 is 0. The summed E-state index contributed by atoms with van der Waals surface area (Å²) in [6.45, 7) is 7.86. The maximum absolute atomic E-state index is 13.5. The number of hydrogen-bond donors (Lipinski definition) is 0. The second-order valence-corrected chi connectivity index (χ2v) is 17.9. The van der Waals surface area contributed by atoms with Gasteiger partial charge in [-0.2, -0.15) is 22.0 Å². The van der Waals surface area contributed by atoms with Crippen molar-refractivity contribution < 1.29 is 40.5 Å². The number of amides is 1. The maximum atomic E-state index is 13.5. The van der Waals surface area contributed by atoms with Crippen molar-refractivity contribution in [1.82, 2.24) is 9.80 Å². The number of Topliss-reactive ketones (excluding diaryl/α,β-unsaturated/α-hetero) is 1. The first-order chi connectivity index (χ1) is 24.2. The van der Waals surface area contributed by atoms with Crippen LogP contribution >= 0.6 is 0 Å². The van der Waals surface area contributed by atoms with Gasteiger partial charge >= 0.3 is 18.2 Å². The fraction of sp³-hybridized carbons (Fsp3) is 0.795. The Kier molecular flexibility index (Phi) is 11.9. The second-order valence-electron chi connectivity index (χ2n) is 16.2. The lowest BCUT2D eigenvalue weighted by molar-refractivity contribution is -0.284. The van der Waals surface area contributed by atoms with Crippen LogP contribution in [0.4, 0.5) is 26.7 Å². The van der Waals surface area contributed by atoms with Gasteiger partial charge in [-0.1, -0.05) is 26.3 Å². The number of carbonyl (C=O) groups excluding carboxylic acids is 2. The van der Waals surface area contributed by atoms with Crippen molar-refractivity contribution in [1.29, 1.82) is 0 Å². The number of nitrogens with zero attached hydrogens (tertiary/aromatic N) is 2. The molecule has 2 saturated heterocycles. The quantitative estimate of drug-likeness (QED) is 0.212. The number of piperidine rings is 2. The van der Waals surface area contributed by atoms with Crippen LogP contribution in [0.1, 0.15) is 120 Å². The van der Waals surface area contributed by atoms with Gasteiger partial charge in [-0.15, -0.1) is 0 Å². The van der Waals surface area contributed by atoms with E-state index in [0.29, 0.717) is 49.9 Å². The van der Waals surface area contributed by atoms with Gasteiger partial charge in [0.25, 0.3) is 0 Å². The number of carbonyl (C=O) groups is 2. The molecule has 51 heavy (non-hydrogen) atoms. The Morgan fingerprint density at radius 1 is 0.980 bits per heavy atom. The number of rotatable bonds is 11. The number of aryl methyl sites for hydroxylation is 1. The second kappa shape index (κ2) is 15.7. The molecule has 286 valence electrons. The molecule has 3 aliphatic carbocycles. The van der Waals surface area contributed by atoms with Gasteiger partial charge in [0.15, 0.2) is 0 Å². The van der Waals surface area contributed by atoms with E-state index in [-0.39, 0.29) is 46.7 Å². The zero-order valence-corrected chi connectivity index (χ0v) is 31.0. The third kappa shape index (κ3) is 8.21. The van der Waals surface area contributed by atoms with Gasteiger partial charge in [-0.25, -0.2) is 4.79 Å². The van der Waals surface area contributed by atoms with Crippen LogP contribution in [0.3, 0.4) is 0 Å². The minimum atomic E-state index is -5.60. The number of halogens is 5. The van der Waals surface area contributed by atoms with Crippen LogP contribution < -0.4 is 4.74 Å². The summed E-state index contributed by atoms with van der Waals surface area (Å²) < 4.78 is 83.3. The Labute approximate surface area is 302 Å². The molecule has 2 heterocycles. The Bertz CT molecular complexity index is 1440. The monoisotopic (exact) mass is 742 g/mol. The van der Waals surface area contributed by atoms with E-state index in [4.69, 9.17) is 4.74 Å². The number of likely N-dealkylation sites (tertiary alicyclic amines) is 2. The van der Waals surface area contributed by atoms with Crippen molar-refractivity contribution in [2.24, 2.45) is 23.2 Å². The molecule has 5 aliphatic rings. The van der Waals surface area contributed by atoms with E-state index in [1.807, 2.05) is 4.90 Å². The first-order valence-electron chi connectivity index (χ1n) is 19.4. The molecule has 0 radical (unpaired) electrons. The highest BCUT2D eigenvalue weighted by atomic mass is 32.2. The standard InChI is InChI=1S/C39H55F5N2O4S/c1-3-26-24-31-28(25-33(26)50-36(48)46-19-13-29(14-20-46)45-17-5-4-6-18-45)23-27(35-30(31)12-16-37(2)32(35)10-11-34(37)47)9-7-21-51(49)22-8-15-38(40,41)39(42,43)44/h24-25,27,29-30,32,35H,3-23H2,1-2H3/t27-,30-,32+,35-,37+,51?/m1/s1. The molecule has 2 aliphatic heterocycles. The van der Waals surface area contributed by atoms with Gasteiger partial charge in [-0.3, -0.25) is 9.00 Å². The van der Waals surface area contributed by atoms with E-state index < -0.39 is 35.7 Å². The normalized spacial score (nSPS) is 29.7. The molecule has 12 heteroatoms. The summed E-state index contributed by atoms with van der Waals surface area (Å²) in [4.78, 5) is 31.1. The fourth-order valence-corrected chi connectivity index (χ4v) is 11.5. The minimum absolute atomic E-state index is 0.189. The van der Waals surface area contributed by atoms with E-state index >= 15 is 0 Å². The highest BCUT2D eigenvalue weighted by Gasteiger charge is 2.57. The molecular weight excluding hydrogens is 687 g/mol. The molecule has 2 saturated carbocycles. The smallest absolute Gasteiger partial charge is 0.410 e. The molecule has 6 atom stereocenters. The fourth-order valence-electron chi connectivity index (χ4n) is 10.3. The molecule has 6 nitrogen and oxygen atoms in total. The SMILES string of the molecule is CCc1cc2c(cc1OC(=O)N1CCC(N3CCCCC3)CC1)C[C@@H](CCCS(=O)CCCC(F)(F)C(F)(F)F)[C@@H]1[C@@H]2CC[C@]2(C)C(=O)CC[C@@H]12. The highest BCUT2D eigenvalue weighted by Crippen LogP contribution is 2.62. The van der Waals surface area contributed by atoms with E-state index in [0.717, 1.165) is 69.2 Å². The molecular formula is C39H55F5N2O4S. The molecule has 4 fully saturated rings. The number of alkyl halides is 5. The summed E-state index contributed by atoms with van der Waals surface area (Å²) in [5, 5.41) is 0. The van der Waals surface area contributed by atoms with Crippen LogP contribution in [0.5, 0.6) is 5.75 Å². The summed E-state index contributed by atoms with van der Waals surface area (Å²) in [6, 6.07) is 4.82. The van der Waals surface area contributed by atoms with E-state index in [1.54, 1.807) is 0 Å². The summed E-state index contributed by atoms with van der Waals surface area (Å²) in [6.07, 6.45) is 3.89. The lowest BCUT2D eigenvalue weighted by Crippen LogP contribution is -2.48. The van der Waals surface area contributed by atoms with Crippen molar-refractivity contribution in [3.05, 3.63) is 28.8 Å². The Balaban J connectivity index is 1.14. The number of benzene rings is 1. The van der Waals surface area contributed by atoms with E-state index in [2.05, 4.69) is 30.9 Å². The van der Waals surface area contributed by atoms with Gasteiger partial charge in [0.05, 0.1) is 0 Å². The molecule has 0 N–H and O–H groups in total. The van der Waals surface area contributed by atoms with E-state index in [9.17, 15) is 35.8 Å². The Morgan fingerprint density at radius 3 is 2.37 bits per heavy atom. The van der Waals surface area contributed by atoms with Crippen LogP contribution in [0.15, 0.2) is 12.1 Å². The van der Waals surface area contributed by atoms with Crippen molar-refractivity contribution in [2.75, 3.05) is 37.7 Å². The third-order valence-electron chi connectivity index (χ3n) is 13.2. The lowest BCUT2D eigenvalue weighted by atomic mass is 9.52. The van der Waals surface area contributed by atoms with Crippen molar-refractivity contribution in [2.45, 2.75) is 134 Å². The predicted molar refractivity (Wildman–Crippen MR) is 188 cm³/mol. The van der Waals surface area contributed by atoms with Crippen molar-refractivity contribution in [3.63, 3.8) is 0 Å². The number of fused-ring (bicyclic) bond motifs is 5. The number of ether oxygens (including phenoxy) is 1. The van der Waals surface area contributed by atoms with Crippen LogP contribution in [-0.4, -0.2) is 81.7 Å². The van der Waals surface area contributed by atoms with Crippen LogP contribution in [-0.2, 0) is 28.4 Å². The van der Waals surface area contributed by atoms with E-state index in [1.165, 1.54) is 24.8 Å². The third-order valence-corrected chi connectivity index (χ3v) is 14.7. The van der Waals surface area contributed by atoms with Gasteiger partial charge in [0, 0.05) is 59.7 Å². The summed E-state index contributed by atoms with van der Waals surface area (Å²) in [5.74, 6) is -2.84. The van der Waals surface area contributed by atoms with Gasteiger partial charge in [-0.05, 0) is 137 Å². The molecule has 1 unspecified atom stereocenters. The van der Waals surface area contributed by atoms with Crippen molar-refractivity contribution in [3.8, 4) is 5.75 Å². The first kappa shape index (κ1) is 38.6. The van der Waals surface area contributed by atoms with Gasteiger partial charge in [0.2, 0.25) is 0 Å². The largest absolute Gasteiger partial charge is 0.453 e. The van der Waals surface area contributed by atoms with Crippen molar-refractivity contribution >= 4 is 22.7 Å². The van der Waals surface area contributed by atoms with Gasteiger partial charge in [0.1, 0.15) is 11.5 Å². The van der Waals surface area contributed by atoms with Crippen LogP contribution in [0.2, 0.25) is 0 Å². The average molecular weight is 743 g/mol. The molecule has 1 amide bonds.